The van der Waals surface area contributed by atoms with Crippen molar-refractivity contribution < 1.29 is 17.2 Å². The average molecular weight is 325 g/mol. The van der Waals surface area contributed by atoms with E-state index in [0.29, 0.717) is 5.56 Å². The van der Waals surface area contributed by atoms with Crippen LogP contribution >= 0.6 is 11.6 Å². The highest BCUT2D eigenvalue weighted by molar-refractivity contribution is 7.89. The van der Waals surface area contributed by atoms with E-state index in [1.807, 2.05) is 0 Å². The second kappa shape index (κ2) is 5.93. The van der Waals surface area contributed by atoms with E-state index in [1.165, 1.54) is 6.07 Å². The molecule has 1 aromatic carbocycles. The van der Waals surface area contributed by atoms with E-state index >= 15 is 0 Å². The van der Waals surface area contributed by atoms with Gasteiger partial charge in [0.1, 0.15) is 12.0 Å². The Bertz CT molecular complexity index is 597. The van der Waals surface area contributed by atoms with Gasteiger partial charge in [-0.25, -0.2) is 22.3 Å². The fraction of sp³-hybridized carbons (Fsp3) is 0.500. The van der Waals surface area contributed by atoms with Gasteiger partial charge >= 0.3 is 0 Å². The van der Waals surface area contributed by atoms with Gasteiger partial charge in [0, 0.05) is 18.5 Å². The first-order chi connectivity index (χ1) is 9.28. The van der Waals surface area contributed by atoms with Gasteiger partial charge in [0.25, 0.3) is 0 Å². The molecule has 0 spiro atoms. The maximum atomic E-state index is 13.8. The molecule has 0 aromatic heterocycles. The highest BCUT2D eigenvalue weighted by atomic mass is 35.5. The Morgan fingerprint density at radius 1 is 1.45 bits per heavy atom. The zero-order valence-electron chi connectivity index (χ0n) is 10.5. The highest BCUT2D eigenvalue weighted by Crippen LogP contribution is 2.26. The van der Waals surface area contributed by atoms with Gasteiger partial charge in [-0.15, -0.1) is 0 Å². The molecule has 3 atom stereocenters. The number of halogens is 3. The molecule has 1 aliphatic rings. The SMILES string of the molecule is NS(=O)(=O)C[C@H]1[C@H](F)CN[C@H]1Cc1cccc(Cl)c1F. The molecule has 0 aliphatic carbocycles. The van der Waals surface area contributed by atoms with Gasteiger partial charge < -0.3 is 5.32 Å². The summed E-state index contributed by atoms with van der Waals surface area (Å²) in [6.45, 7) is 0.0348. The monoisotopic (exact) mass is 324 g/mol. The van der Waals surface area contributed by atoms with Gasteiger partial charge in [-0.3, -0.25) is 0 Å². The predicted molar refractivity (Wildman–Crippen MR) is 73.3 cm³/mol. The van der Waals surface area contributed by atoms with E-state index in [-0.39, 0.29) is 18.0 Å². The summed E-state index contributed by atoms with van der Waals surface area (Å²) in [4.78, 5) is 0. The summed E-state index contributed by atoms with van der Waals surface area (Å²) < 4.78 is 49.8. The van der Waals surface area contributed by atoms with Gasteiger partial charge in [-0.1, -0.05) is 23.7 Å². The molecule has 0 radical (unpaired) electrons. The van der Waals surface area contributed by atoms with E-state index in [2.05, 4.69) is 5.32 Å². The van der Waals surface area contributed by atoms with Crippen molar-refractivity contribution in [1.82, 2.24) is 5.32 Å². The summed E-state index contributed by atoms with van der Waals surface area (Å²) in [6, 6.07) is 4.07. The Hall–Kier alpha value is -0.760. The number of rotatable bonds is 4. The molecule has 3 N–H and O–H groups in total. The number of nitrogens with two attached hydrogens (primary N) is 1. The lowest BCUT2D eigenvalue weighted by atomic mass is 9.95. The number of benzene rings is 1. The van der Waals surface area contributed by atoms with Gasteiger partial charge in [0.15, 0.2) is 0 Å². The molecule has 0 bridgehead atoms. The van der Waals surface area contributed by atoms with Crippen LogP contribution in [0.1, 0.15) is 5.56 Å². The molecular formula is C12H15ClF2N2O2S. The van der Waals surface area contributed by atoms with Crippen LogP contribution in [-0.4, -0.2) is 32.9 Å². The van der Waals surface area contributed by atoms with Gasteiger partial charge in [0.05, 0.1) is 10.8 Å². The van der Waals surface area contributed by atoms with E-state index in [9.17, 15) is 17.2 Å². The maximum Gasteiger partial charge on any atom is 0.209 e. The molecule has 0 amide bonds. The largest absolute Gasteiger partial charge is 0.310 e. The van der Waals surface area contributed by atoms with Crippen LogP contribution < -0.4 is 10.5 Å². The standard InChI is InChI=1S/C12H15ClF2N2O2S/c13-9-3-1-2-7(12(9)15)4-11-8(6-20(16,18)19)10(14)5-17-11/h1-3,8,10-11,17H,4-6H2,(H2,16,18,19)/t8-,10+,11-/m0/s1. The summed E-state index contributed by atoms with van der Waals surface area (Å²) in [6.07, 6.45) is -1.16. The summed E-state index contributed by atoms with van der Waals surface area (Å²) in [5.41, 5.74) is 0.323. The molecule has 4 nitrogen and oxygen atoms in total. The van der Waals surface area contributed by atoms with Crippen molar-refractivity contribution in [3.63, 3.8) is 0 Å². The van der Waals surface area contributed by atoms with E-state index < -0.39 is 39.7 Å². The van der Waals surface area contributed by atoms with Crippen LogP contribution in [0.5, 0.6) is 0 Å². The van der Waals surface area contributed by atoms with Crippen LogP contribution in [0, 0.1) is 11.7 Å². The maximum absolute atomic E-state index is 13.8. The van der Waals surface area contributed by atoms with Crippen LogP contribution in [0.3, 0.4) is 0 Å². The zero-order valence-corrected chi connectivity index (χ0v) is 12.1. The number of hydrogen-bond acceptors (Lipinski definition) is 3. The third-order valence-electron chi connectivity index (χ3n) is 3.45. The minimum atomic E-state index is -3.78. The molecule has 2 rings (SSSR count). The molecule has 112 valence electrons. The Morgan fingerprint density at radius 3 is 2.80 bits per heavy atom. The summed E-state index contributed by atoms with van der Waals surface area (Å²) in [5, 5.41) is 7.83. The smallest absolute Gasteiger partial charge is 0.209 e. The number of primary sulfonamides is 1. The summed E-state index contributed by atoms with van der Waals surface area (Å²) >= 11 is 5.69. The Labute approximate surface area is 121 Å². The summed E-state index contributed by atoms with van der Waals surface area (Å²) in [7, 11) is -3.78. The second-order valence-corrected chi connectivity index (χ2v) is 7.01. The summed E-state index contributed by atoms with van der Waals surface area (Å²) in [5.74, 6) is -1.82. The number of alkyl halides is 1. The molecule has 1 heterocycles. The first-order valence-corrected chi connectivity index (χ1v) is 8.18. The lowest BCUT2D eigenvalue weighted by Crippen LogP contribution is -2.36. The Balaban J connectivity index is 2.17. The third-order valence-corrected chi connectivity index (χ3v) is 4.59. The number of hydrogen-bond donors (Lipinski definition) is 2. The first-order valence-electron chi connectivity index (χ1n) is 6.09. The molecule has 1 aromatic rings. The van der Waals surface area contributed by atoms with Crippen molar-refractivity contribution in [3.05, 3.63) is 34.6 Å². The average Bonchev–Trinajstić information content (AvgIpc) is 2.66. The van der Waals surface area contributed by atoms with Crippen molar-refractivity contribution in [2.75, 3.05) is 12.3 Å². The highest BCUT2D eigenvalue weighted by Gasteiger charge is 2.38. The lowest BCUT2D eigenvalue weighted by Gasteiger charge is -2.20. The molecule has 1 saturated heterocycles. The fourth-order valence-corrected chi connectivity index (χ4v) is 3.65. The van der Waals surface area contributed by atoms with Crippen molar-refractivity contribution in [2.24, 2.45) is 11.1 Å². The number of sulfonamides is 1. The minimum Gasteiger partial charge on any atom is -0.310 e. The predicted octanol–water partition coefficient (Wildman–Crippen LogP) is 1.24. The molecule has 0 saturated carbocycles. The van der Waals surface area contributed by atoms with Crippen LogP contribution in [0.15, 0.2) is 18.2 Å². The van der Waals surface area contributed by atoms with Gasteiger partial charge in [0.2, 0.25) is 10.0 Å². The molecule has 1 fully saturated rings. The Kier molecular flexibility index (Phi) is 4.63. The number of nitrogens with one attached hydrogen (secondary N) is 1. The fourth-order valence-electron chi connectivity index (χ4n) is 2.47. The molecule has 1 aliphatic heterocycles. The Morgan fingerprint density at radius 2 is 2.15 bits per heavy atom. The topological polar surface area (TPSA) is 72.2 Å². The van der Waals surface area contributed by atoms with Crippen LogP contribution in [-0.2, 0) is 16.4 Å². The first kappa shape index (κ1) is 15.6. The molecule has 8 heteroatoms. The van der Waals surface area contributed by atoms with Crippen LogP contribution in [0.25, 0.3) is 0 Å². The second-order valence-electron chi connectivity index (χ2n) is 4.94. The van der Waals surface area contributed by atoms with Crippen LogP contribution in [0.2, 0.25) is 5.02 Å². The van der Waals surface area contributed by atoms with Gasteiger partial charge in [-0.2, -0.15) is 0 Å². The quantitative estimate of drug-likeness (QED) is 0.875. The molecule has 0 unspecified atom stereocenters. The zero-order chi connectivity index (χ0) is 14.9. The van der Waals surface area contributed by atoms with Crippen molar-refractivity contribution in [2.45, 2.75) is 18.6 Å². The van der Waals surface area contributed by atoms with E-state index in [0.717, 1.165) is 0 Å². The molecule has 20 heavy (non-hydrogen) atoms. The van der Waals surface area contributed by atoms with E-state index in [1.54, 1.807) is 12.1 Å². The third kappa shape index (κ3) is 3.66. The van der Waals surface area contributed by atoms with Crippen LogP contribution in [0.4, 0.5) is 8.78 Å². The van der Waals surface area contributed by atoms with Gasteiger partial charge in [-0.05, 0) is 18.1 Å². The molecular weight excluding hydrogens is 310 g/mol. The van der Waals surface area contributed by atoms with Crippen molar-refractivity contribution in [3.8, 4) is 0 Å². The normalized spacial score (nSPS) is 26.9. The van der Waals surface area contributed by atoms with Crippen molar-refractivity contribution in [1.29, 1.82) is 0 Å². The van der Waals surface area contributed by atoms with Crippen molar-refractivity contribution >= 4 is 21.6 Å². The lowest BCUT2D eigenvalue weighted by molar-refractivity contribution is 0.279. The van der Waals surface area contributed by atoms with E-state index in [4.69, 9.17) is 16.7 Å². The minimum absolute atomic E-state index is 0.0136.